The average molecular weight is 1170 g/mol. The number of aliphatic carboxylic acids is 7. The number of hydrogen-bond donors (Lipinski definition) is 13. The fourth-order valence-electron chi connectivity index (χ4n) is 9.61. The van der Waals surface area contributed by atoms with Gasteiger partial charge < -0.3 is 77.4 Å². The van der Waals surface area contributed by atoms with E-state index in [-0.39, 0.29) is 55.7 Å². The highest BCUT2D eigenvalue weighted by molar-refractivity contribution is 5.86. The van der Waals surface area contributed by atoms with Gasteiger partial charge in [0.1, 0.15) is 25.2 Å². The normalized spacial score (nSPS) is 16.5. The number of amides is 3. The van der Waals surface area contributed by atoms with Crippen molar-refractivity contribution < 1.29 is 78.9 Å². The number of anilines is 4. The number of carbonyl (C=O) groups is 9. The number of unbranched alkanes of at least 4 members (excludes halogenated alkanes) is 8. The van der Waals surface area contributed by atoms with E-state index in [2.05, 4.69) is 46.8 Å². The van der Waals surface area contributed by atoms with Crippen LogP contribution in [-0.4, -0.2) is 249 Å². The molecule has 2 saturated heterocycles. The van der Waals surface area contributed by atoms with Gasteiger partial charge in [-0.1, -0.05) is 50.7 Å². The van der Waals surface area contributed by atoms with Crippen LogP contribution in [-0.2, 0) is 44.8 Å². The molecule has 0 saturated carbocycles. The Labute approximate surface area is 481 Å². The zero-order valence-electron chi connectivity index (χ0n) is 47.1. The molecule has 3 amide bonds. The van der Waals surface area contributed by atoms with Crippen LogP contribution in [0.25, 0.3) is 0 Å². The number of benzene rings is 1. The van der Waals surface area contributed by atoms with Crippen molar-refractivity contribution in [2.45, 2.75) is 114 Å². The minimum Gasteiger partial charge on any atom is -0.481 e. The third-order valence-corrected chi connectivity index (χ3v) is 13.9. The maximum absolute atomic E-state index is 12.4. The monoisotopic (exact) mass is 1170 g/mol. The Balaban J connectivity index is 1.20. The van der Waals surface area contributed by atoms with Crippen LogP contribution in [0.5, 0.6) is 0 Å². The second-order valence-electron chi connectivity index (χ2n) is 20.7. The molecule has 13 N–H and O–H groups in total. The first-order valence-electron chi connectivity index (χ1n) is 28.3. The molecule has 1 aromatic heterocycles. The molecule has 30 heteroatoms. The Morgan fingerprint density at radius 2 is 1.17 bits per heavy atom. The molecule has 462 valence electrons. The van der Waals surface area contributed by atoms with Crippen molar-refractivity contribution in [3.05, 3.63) is 29.8 Å². The van der Waals surface area contributed by atoms with Gasteiger partial charge in [-0.15, -0.1) is 0 Å². The number of hydrogen-bond acceptors (Lipinski definition) is 20. The summed E-state index contributed by atoms with van der Waals surface area (Å²) in [5.41, 5.74) is 1.42. The van der Waals surface area contributed by atoms with Gasteiger partial charge in [-0.25, -0.2) is 14.4 Å². The minimum absolute atomic E-state index is 0.0364. The summed E-state index contributed by atoms with van der Waals surface area (Å²) in [6.07, 6.45) is 8.67. The summed E-state index contributed by atoms with van der Waals surface area (Å²) in [6, 6.07) is 3.13. The third kappa shape index (κ3) is 28.3. The van der Waals surface area contributed by atoms with Crippen LogP contribution in [0.3, 0.4) is 0 Å². The van der Waals surface area contributed by atoms with Gasteiger partial charge in [-0.2, -0.15) is 15.0 Å². The van der Waals surface area contributed by atoms with Crippen LogP contribution >= 0.6 is 0 Å². The molecule has 2 fully saturated rings. The number of urea groups is 1. The zero-order valence-corrected chi connectivity index (χ0v) is 47.1. The van der Waals surface area contributed by atoms with E-state index in [1.807, 2.05) is 26.8 Å². The molecule has 1 unspecified atom stereocenters. The van der Waals surface area contributed by atoms with Crippen molar-refractivity contribution in [1.82, 2.24) is 56.2 Å². The Kier molecular flexibility index (Phi) is 30.7. The lowest BCUT2D eigenvalue weighted by atomic mass is 10.0. The van der Waals surface area contributed by atoms with Crippen LogP contribution in [0.4, 0.5) is 28.3 Å². The third-order valence-electron chi connectivity index (χ3n) is 13.9. The van der Waals surface area contributed by atoms with Gasteiger partial charge in [0, 0.05) is 103 Å². The molecule has 2 aromatic rings. The summed E-state index contributed by atoms with van der Waals surface area (Å²) in [6.45, 7) is 5.67. The number of aromatic nitrogens is 3. The topological polar surface area (TPSA) is 422 Å². The lowest BCUT2D eigenvalue weighted by Gasteiger charge is -2.35. The average Bonchev–Trinajstić information content (AvgIpc) is 3.61. The lowest BCUT2D eigenvalue weighted by Crippen LogP contribution is -2.52. The van der Waals surface area contributed by atoms with Crippen LogP contribution in [0, 0.1) is 0 Å². The first kappa shape index (κ1) is 68.0. The van der Waals surface area contributed by atoms with E-state index >= 15 is 0 Å². The van der Waals surface area contributed by atoms with E-state index in [4.69, 9.17) is 10.1 Å². The van der Waals surface area contributed by atoms with Crippen molar-refractivity contribution in [2.75, 3.05) is 126 Å². The van der Waals surface area contributed by atoms with Gasteiger partial charge in [-0.05, 0) is 69.2 Å². The van der Waals surface area contributed by atoms with E-state index in [9.17, 15) is 73.8 Å². The van der Waals surface area contributed by atoms with Crippen molar-refractivity contribution in [1.29, 1.82) is 0 Å². The maximum Gasteiger partial charge on any atom is 0.326 e. The van der Waals surface area contributed by atoms with Gasteiger partial charge in [0.25, 0.3) is 0 Å². The van der Waals surface area contributed by atoms with Crippen molar-refractivity contribution >= 4 is 77.3 Å². The largest absolute Gasteiger partial charge is 0.481 e. The molecule has 0 spiro atoms. The molecule has 2 aliphatic rings. The van der Waals surface area contributed by atoms with E-state index in [1.165, 1.54) is 0 Å². The minimum atomic E-state index is -1.50. The summed E-state index contributed by atoms with van der Waals surface area (Å²) < 4.78 is 0. The fourth-order valence-corrected chi connectivity index (χ4v) is 9.61. The highest BCUT2D eigenvalue weighted by Crippen LogP contribution is 2.23. The van der Waals surface area contributed by atoms with E-state index in [0.717, 1.165) is 68.4 Å². The van der Waals surface area contributed by atoms with Crippen molar-refractivity contribution in [2.24, 2.45) is 0 Å². The van der Waals surface area contributed by atoms with Gasteiger partial charge in [0.15, 0.2) is 0 Å². The SMILES string of the molecule is O=C(O)CC[C@H](NC(=O)N[C@@H](CCCCNC(=O)CCCCCCCCCCN1CCN(c2nc(Nc3ccc(CC4CN(CC(=O)O)CCNCCNCCN4CC(=O)O)cc3)nc(N(CC(=O)O)CC(=O)O)n2)CC1)C(=O)O)C(=O)O. The Hall–Kier alpha value is -7.54. The summed E-state index contributed by atoms with van der Waals surface area (Å²) in [7, 11) is 0. The lowest BCUT2D eigenvalue weighted by molar-refractivity contribution is -0.141. The number of carbonyl (C=O) groups excluding carboxylic acids is 2. The molecule has 83 heavy (non-hydrogen) atoms. The van der Waals surface area contributed by atoms with Gasteiger partial charge in [0.05, 0.1) is 13.1 Å². The molecule has 3 heterocycles. The molecule has 3 atom stereocenters. The van der Waals surface area contributed by atoms with Crippen LogP contribution in [0.1, 0.15) is 95.5 Å². The smallest absolute Gasteiger partial charge is 0.326 e. The van der Waals surface area contributed by atoms with Gasteiger partial charge in [0.2, 0.25) is 23.8 Å². The summed E-state index contributed by atoms with van der Waals surface area (Å²) >= 11 is 0. The standard InChI is InChI=1S/C53H84N14O16/c68-42(56-19-9-8-11-40(48(79)80)58-53(83)59-41(49(81)82)17-18-43(69)70)12-7-5-3-1-2-4-6-10-24-63-27-29-65(30-28-63)51-60-50(61-52(62-51)67(35-46(75)76)36-47(77)78)57-38-15-13-37(14-16-38)31-39-32-64(33-44(71)72)25-22-54-20-21-55-23-26-66(39)34-45(73)74/h13-16,39-41,54-55H,1-12,17-36H2,(H,56,68)(H,69,70)(H,71,72)(H,73,74)(H,75,76)(H,77,78)(H,79,80)(H,81,82)(H2,58,59,83)(H,57,60,61,62)/t39?,40-,41-/m0/s1. The molecule has 0 bridgehead atoms. The van der Waals surface area contributed by atoms with E-state index < -0.39 is 79.4 Å². The van der Waals surface area contributed by atoms with Crippen LogP contribution < -0.4 is 41.7 Å². The second kappa shape index (κ2) is 37.5. The first-order chi connectivity index (χ1) is 39.7. The fraction of sp³-hybridized carbons (Fsp3) is 0.660. The summed E-state index contributed by atoms with van der Waals surface area (Å²) in [4.78, 5) is 129. The second-order valence-corrected chi connectivity index (χ2v) is 20.7. The molecule has 2 aliphatic heterocycles. The molecule has 4 rings (SSSR count). The van der Waals surface area contributed by atoms with Crippen LogP contribution in [0.15, 0.2) is 24.3 Å². The number of nitrogens with zero attached hydrogens (tertiary/aromatic N) is 8. The Bertz CT molecular complexity index is 2380. The first-order valence-corrected chi connectivity index (χ1v) is 28.3. The molecule has 0 aliphatic carbocycles. The van der Waals surface area contributed by atoms with Gasteiger partial charge in [-0.3, -0.25) is 43.5 Å². The Morgan fingerprint density at radius 3 is 1.76 bits per heavy atom. The highest BCUT2D eigenvalue weighted by atomic mass is 16.4. The number of rotatable bonds is 37. The molecule has 1 aromatic carbocycles. The highest BCUT2D eigenvalue weighted by Gasteiger charge is 2.28. The predicted octanol–water partition coefficient (Wildman–Crippen LogP) is 0.458. The van der Waals surface area contributed by atoms with Crippen LogP contribution in [0.2, 0.25) is 0 Å². The number of carboxylic acid groups (broad SMARTS) is 7. The quantitative estimate of drug-likeness (QED) is 0.0409. The molecular formula is C53H84N14O16. The van der Waals surface area contributed by atoms with Gasteiger partial charge >= 0.3 is 47.8 Å². The molecule has 0 radical (unpaired) electrons. The predicted molar refractivity (Wildman–Crippen MR) is 302 cm³/mol. The maximum atomic E-state index is 12.4. The zero-order chi connectivity index (χ0) is 60.5. The van der Waals surface area contributed by atoms with E-state index in [1.54, 1.807) is 12.1 Å². The molecular weight excluding hydrogens is 1090 g/mol. The summed E-state index contributed by atoms with van der Waals surface area (Å²) in [5.74, 6) is -8.44. The van der Waals surface area contributed by atoms with E-state index in [0.29, 0.717) is 110 Å². The number of piperazine rings is 1. The van der Waals surface area contributed by atoms with Crippen molar-refractivity contribution in [3.8, 4) is 0 Å². The Morgan fingerprint density at radius 1 is 0.578 bits per heavy atom. The number of nitrogens with one attached hydrogen (secondary N) is 6. The molecule has 30 nitrogen and oxygen atoms in total. The van der Waals surface area contributed by atoms with Crippen molar-refractivity contribution in [3.63, 3.8) is 0 Å². The number of carboxylic acids is 7. The summed E-state index contributed by atoms with van der Waals surface area (Å²) in [5, 5.41) is 83.3.